The summed E-state index contributed by atoms with van der Waals surface area (Å²) in [5.74, 6) is 0. The molecule has 0 aliphatic heterocycles. The van der Waals surface area contributed by atoms with Gasteiger partial charge in [-0.05, 0) is 48.7 Å². The van der Waals surface area contributed by atoms with Gasteiger partial charge in [0, 0.05) is 25.0 Å². The number of nitrogens with one attached hydrogen (secondary N) is 1. The lowest BCUT2D eigenvalue weighted by Crippen LogP contribution is -2.15. The summed E-state index contributed by atoms with van der Waals surface area (Å²) in [5.41, 5.74) is 2.44. The van der Waals surface area contributed by atoms with E-state index in [4.69, 9.17) is 0 Å². The number of rotatable bonds is 5. The van der Waals surface area contributed by atoms with E-state index in [-0.39, 0.29) is 0 Å². The van der Waals surface area contributed by atoms with Crippen LogP contribution in [0.2, 0.25) is 0 Å². The second kappa shape index (κ2) is 5.67. The molecule has 3 rings (SSSR count). The summed E-state index contributed by atoms with van der Waals surface area (Å²) in [6.07, 6.45) is 7.89. The van der Waals surface area contributed by atoms with Crippen LogP contribution in [0.25, 0.3) is 0 Å². The zero-order valence-corrected chi connectivity index (χ0v) is 11.7. The first-order valence-corrected chi connectivity index (χ1v) is 7.26. The number of aromatic nitrogens is 3. The van der Waals surface area contributed by atoms with Crippen LogP contribution in [0, 0.1) is 6.92 Å². The summed E-state index contributed by atoms with van der Waals surface area (Å²) in [6.45, 7) is 3.01. The fourth-order valence-electron chi connectivity index (χ4n) is 1.81. The minimum absolute atomic E-state index is 0.732. The van der Waals surface area contributed by atoms with E-state index in [1.54, 1.807) is 24.3 Å². The summed E-state index contributed by atoms with van der Waals surface area (Å²) < 4.78 is 0. The van der Waals surface area contributed by atoms with Crippen molar-refractivity contribution in [2.75, 3.05) is 0 Å². The van der Waals surface area contributed by atoms with Gasteiger partial charge in [-0.15, -0.1) is 0 Å². The van der Waals surface area contributed by atoms with Crippen LogP contribution in [0.1, 0.15) is 24.0 Å². The third kappa shape index (κ3) is 3.52. The monoisotopic (exact) mass is 272 g/mol. The first-order chi connectivity index (χ1) is 9.31. The highest BCUT2D eigenvalue weighted by Gasteiger charge is 2.20. The zero-order chi connectivity index (χ0) is 13.1. The molecule has 4 nitrogen and oxygen atoms in total. The first kappa shape index (κ1) is 12.6. The smallest absolute Gasteiger partial charge is 0.116 e. The minimum Gasteiger partial charge on any atom is -0.310 e. The van der Waals surface area contributed by atoms with Gasteiger partial charge < -0.3 is 5.32 Å². The molecule has 0 unspecified atom stereocenters. The Morgan fingerprint density at radius 1 is 1.37 bits per heavy atom. The lowest BCUT2D eigenvalue weighted by atomic mass is 10.2. The maximum atomic E-state index is 4.53. The number of aryl methyl sites for hydroxylation is 1. The third-order valence-electron chi connectivity index (χ3n) is 3.02. The van der Waals surface area contributed by atoms with Crippen LogP contribution in [0.3, 0.4) is 0 Å². The molecule has 2 aromatic rings. The Morgan fingerprint density at radius 3 is 2.95 bits per heavy atom. The molecule has 0 radical (unpaired) electrons. The van der Waals surface area contributed by atoms with Gasteiger partial charge in [0.15, 0.2) is 0 Å². The summed E-state index contributed by atoms with van der Waals surface area (Å²) >= 11 is 1.58. The van der Waals surface area contributed by atoms with E-state index < -0.39 is 0 Å². The van der Waals surface area contributed by atoms with Crippen molar-refractivity contribution in [2.45, 2.75) is 42.4 Å². The van der Waals surface area contributed by atoms with E-state index in [1.165, 1.54) is 24.0 Å². The van der Waals surface area contributed by atoms with E-state index in [0.29, 0.717) is 0 Å². The molecule has 2 aromatic heterocycles. The largest absolute Gasteiger partial charge is 0.310 e. The van der Waals surface area contributed by atoms with Gasteiger partial charge in [-0.3, -0.25) is 0 Å². The standard InChI is InChI=1S/C14H16N4S/c1-10-6-11(7-16-12-2-3-12)8-17-14(10)19-13-4-5-15-9-18-13/h4-6,8-9,12,16H,2-3,7H2,1H3. The molecule has 0 spiro atoms. The van der Waals surface area contributed by atoms with Crippen LogP contribution in [-0.2, 0) is 6.54 Å². The Kier molecular flexibility index (Phi) is 3.75. The molecule has 1 saturated carbocycles. The van der Waals surface area contributed by atoms with E-state index in [2.05, 4.69) is 33.3 Å². The van der Waals surface area contributed by atoms with Gasteiger partial charge in [0.25, 0.3) is 0 Å². The van der Waals surface area contributed by atoms with Crippen LogP contribution >= 0.6 is 11.8 Å². The van der Waals surface area contributed by atoms with Gasteiger partial charge in [-0.25, -0.2) is 15.0 Å². The molecule has 2 heterocycles. The number of nitrogens with zero attached hydrogens (tertiary/aromatic N) is 3. The van der Waals surface area contributed by atoms with E-state index >= 15 is 0 Å². The second-order valence-electron chi connectivity index (χ2n) is 4.77. The number of hydrogen-bond acceptors (Lipinski definition) is 5. The quantitative estimate of drug-likeness (QED) is 0.848. The summed E-state index contributed by atoms with van der Waals surface area (Å²) in [6, 6.07) is 4.83. The van der Waals surface area contributed by atoms with Crippen LogP contribution in [0.4, 0.5) is 0 Å². The van der Waals surface area contributed by atoms with Gasteiger partial charge in [0.2, 0.25) is 0 Å². The van der Waals surface area contributed by atoms with E-state index in [1.807, 2.05) is 12.3 Å². The SMILES string of the molecule is Cc1cc(CNC2CC2)cnc1Sc1ccncn1. The lowest BCUT2D eigenvalue weighted by molar-refractivity contribution is 0.684. The fraction of sp³-hybridized carbons (Fsp3) is 0.357. The average molecular weight is 272 g/mol. The van der Waals surface area contributed by atoms with Crippen LogP contribution < -0.4 is 5.32 Å². The molecule has 0 atom stereocenters. The molecule has 98 valence electrons. The van der Waals surface area contributed by atoms with Crippen molar-refractivity contribution in [1.82, 2.24) is 20.3 Å². The van der Waals surface area contributed by atoms with Gasteiger partial charge in [-0.2, -0.15) is 0 Å². The maximum Gasteiger partial charge on any atom is 0.116 e. The molecule has 0 aromatic carbocycles. The first-order valence-electron chi connectivity index (χ1n) is 6.44. The van der Waals surface area contributed by atoms with Crippen molar-refractivity contribution >= 4 is 11.8 Å². The topological polar surface area (TPSA) is 50.7 Å². The number of hydrogen-bond donors (Lipinski definition) is 1. The summed E-state index contributed by atoms with van der Waals surface area (Å²) in [7, 11) is 0. The normalized spacial score (nSPS) is 14.6. The molecule has 1 fully saturated rings. The molecule has 1 aliphatic carbocycles. The average Bonchev–Trinajstić information content (AvgIpc) is 3.25. The minimum atomic E-state index is 0.732. The molecule has 0 saturated heterocycles. The Bertz CT molecular complexity index is 555. The molecule has 5 heteroatoms. The Morgan fingerprint density at radius 2 is 2.26 bits per heavy atom. The van der Waals surface area contributed by atoms with Crippen LogP contribution in [0.15, 0.2) is 40.9 Å². The predicted molar refractivity (Wildman–Crippen MR) is 75.0 cm³/mol. The van der Waals surface area contributed by atoms with Crippen molar-refractivity contribution < 1.29 is 0 Å². The Hall–Kier alpha value is -1.46. The molecule has 19 heavy (non-hydrogen) atoms. The molecule has 1 aliphatic rings. The van der Waals surface area contributed by atoms with Gasteiger partial charge in [0.1, 0.15) is 16.4 Å². The number of pyridine rings is 1. The lowest BCUT2D eigenvalue weighted by Gasteiger charge is -2.07. The summed E-state index contributed by atoms with van der Waals surface area (Å²) in [5, 5.41) is 5.44. The highest BCUT2D eigenvalue weighted by atomic mass is 32.2. The maximum absolute atomic E-state index is 4.53. The fourth-order valence-corrected chi connectivity index (χ4v) is 2.56. The van der Waals surface area contributed by atoms with Gasteiger partial charge in [0.05, 0.1) is 0 Å². The Labute approximate surface area is 117 Å². The van der Waals surface area contributed by atoms with Gasteiger partial charge in [-0.1, -0.05) is 6.07 Å². The molecule has 1 N–H and O–H groups in total. The molecule has 0 amide bonds. The van der Waals surface area contributed by atoms with Gasteiger partial charge >= 0.3 is 0 Å². The highest BCUT2D eigenvalue weighted by Crippen LogP contribution is 2.27. The van der Waals surface area contributed by atoms with Crippen LogP contribution in [0.5, 0.6) is 0 Å². The zero-order valence-electron chi connectivity index (χ0n) is 10.8. The van der Waals surface area contributed by atoms with Crippen molar-refractivity contribution in [2.24, 2.45) is 0 Å². The Balaban J connectivity index is 1.68. The van der Waals surface area contributed by atoms with Crippen molar-refractivity contribution in [1.29, 1.82) is 0 Å². The van der Waals surface area contributed by atoms with E-state index in [0.717, 1.165) is 22.6 Å². The van der Waals surface area contributed by atoms with Crippen molar-refractivity contribution in [3.05, 3.63) is 42.0 Å². The second-order valence-corrected chi connectivity index (χ2v) is 5.78. The molecule has 0 bridgehead atoms. The van der Waals surface area contributed by atoms with E-state index in [9.17, 15) is 0 Å². The molecular weight excluding hydrogens is 256 g/mol. The predicted octanol–water partition coefficient (Wildman–Crippen LogP) is 2.58. The van der Waals surface area contributed by atoms with Crippen molar-refractivity contribution in [3.8, 4) is 0 Å². The van der Waals surface area contributed by atoms with Crippen LogP contribution in [-0.4, -0.2) is 21.0 Å². The van der Waals surface area contributed by atoms with Crippen molar-refractivity contribution in [3.63, 3.8) is 0 Å². The highest BCUT2D eigenvalue weighted by molar-refractivity contribution is 7.99. The summed E-state index contributed by atoms with van der Waals surface area (Å²) in [4.78, 5) is 12.7. The molecular formula is C14H16N4S. The third-order valence-corrected chi connectivity index (χ3v) is 4.09.